The van der Waals surface area contributed by atoms with E-state index in [4.69, 9.17) is 11.6 Å². The molecule has 0 saturated carbocycles. The van der Waals surface area contributed by atoms with Crippen molar-refractivity contribution in [3.8, 4) is 0 Å². The number of hydrogen-bond donors (Lipinski definition) is 1. The number of nitrogens with zero attached hydrogens (tertiary/aromatic N) is 3. The lowest BCUT2D eigenvalue weighted by Gasteiger charge is -2.23. The first kappa shape index (κ1) is 18.0. The van der Waals surface area contributed by atoms with Gasteiger partial charge in [-0.2, -0.15) is 0 Å². The van der Waals surface area contributed by atoms with Crippen molar-refractivity contribution in [2.24, 2.45) is 0 Å². The molecule has 0 aliphatic carbocycles. The van der Waals surface area contributed by atoms with E-state index in [2.05, 4.69) is 15.3 Å². The zero-order valence-corrected chi connectivity index (χ0v) is 14.3. The van der Waals surface area contributed by atoms with Crippen LogP contribution in [0.4, 0.5) is 0 Å². The molecule has 1 N–H and O–H groups in total. The smallest absolute Gasteiger partial charge is 0.237 e. The molecule has 24 heavy (non-hydrogen) atoms. The number of likely N-dealkylation sites (N-methyl/N-ethyl adjacent to an activating group) is 1. The zero-order chi connectivity index (χ0) is 17.5. The van der Waals surface area contributed by atoms with Gasteiger partial charge in [-0.1, -0.05) is 41.9 Å². The van der Waals surface area contributed by atoms with Gasteiger partial charge in [0.15, 0.2) is 10.9 Å². The number of halogens is 1. The van der Waals surface area contributed by atoms with Gasteiger partial charge in [-0.25, -0.2) is 4.98 Å². The standard InChI is InChI=1S/C17H19ClN4O2/c1-12(17(24)21-10-14-16(18)20-9-8-19-14)22(2)11-15(23)13-6-4-3-5-7-13/h3-9,12H,10-11H2,1-2H3,(H,21,24)/t12-/m0/s1. The maximum absolute atomic E-state index is 12.2. The molecule has 1 amide bonds. The van der Waals surface area contributed by atoms with E-state index in [1.54, 1.807) is 31.0 Å². The predicted molar refractivity (Wildman–Crippen MR) is 91.8 cm³/mol. The van der Waals surface area contributed by atoms with Gasteiger partial charge >= 0.3 is 0 Å². The molecule has 0 spiro atoms. The highest BCUT2D eigenvalue weighted by atomic mass is 35.5. The second-order valence-electron chi connectivity index (χ2n) is 5.39. The minimum absolute atomic E-state index is 0.0327. The molecule has 7 heteroatoms. The van der Waals surface area contributed by atoms with E-state index in [1.165, 1.54) is 12.4 Å². The number of amides is 1. The summed E-state index contributed by atoms with van der Waals surface area (Å²) in [5.74, 6) is -0.241. The molecule has 0 radical (unpaired) electrons. The predicted octanol–water partition coefficient (Wildman–Crippen LogP) is 1.95. The summed E-state index contributed by atoms with van der Waals surface area (Å²) in [7, 11) is 1.74. The Morgan fingerprint density at radius 2 is 1.88 bits per heavy atom. The van der Waals surface area contributed by atoms with Gasteiger partial charge in [0.25, 0.3) is 0 Å². The molecule has 1 aromatic heterocycles. The summed E-state index contributed by atoms with van der Waals surface area (Å²) in [6.07, 6.45) is 3.00. The van der Waals surface area contributed by atoms with Crippen molar-refractivity contribution in [3.63, 3.8) is 0 Å². The van der Waals surface area contributed by atoms with E-state index < -0.39 is 6.04 Å². The van der Waals surface area contributed by atoms with Crippen LogP contribution in [-0.4, -0.2) is 46.2 Å². The van der Waals surface area contributed by atoms with Crippen molar-refractivity contribution in [1.82, 2.24) is 20.2 Å². The summed E-state index contributed by atoms with van der Waals surface area (Å²) in [6.45, 7) is 2.09. The Balaban J connectivity index is 1.88. The first-order chi connectivity index (χ1) is 11.5. The average Bonchev–Trinajstić information content (AvgIpc) is 2.60. The van der Waals surface area contributed by atoms with Gasteiger partial charge < -0.3 is 5.32 Å². The van der Waals surface area contributed by atoms with Crippen LogP contribution in [0.3, 0.4) is 0 Å². The summed E-state index contributed by atoms with van der Waals surface area (Å²) >= 11 is 5.91. The minimum atomic E-state index is -0.465. The highest BCUT2D eigenvalue weighted by Gasteiger charge is 2.20. The van der Waals surface area contributed by atoms with Gasteiger partial charge in [0.1, 0.15) is 0 Å². The lowest BCUT2D eigenvalue weighted by atomic mass is 10.1. The Bertz CT molecular complexity index is 709. The minimum Gasteiger partial charge on any atom is -0.349 e. The van der Waals surface area contributed by atoms with Crippen molar-refractivity contribution in [2.45, 2.75) is 19.5 Å². The third-order valence-corrected chi connectivity index (χ3v) is 4.00. The molecular weight excluding hydrogens is 328 g/mol. The number of Topliss-reactive ketones (excluding diaryl/α,β-unsaturated/α-hetero) is 1. The molecule has 6 nitrogen and oxygen atoms in total. The molecule has 1 aromatic carbocycles. The van der Waals surface area contributed by atoms with Crippen LogP contribution in [0.5, 0.6) is 0 Å². The molecular formula is C17H19ClN4O2. The molecule has 0 aliphatic rings. The van der Waals surface area contributed by atoms with Crippen LogP contribution in [0.2, 0.25) is 5.15 Å². The Hall–Kier alpha value is -2.31. The molecule has 0 unspecified atom stereocenters. The SMILES string of the molecule is C[C@@H](C(=O)NCc1nccnc1Cl)N(C)CC(=O)c1ccccc1. The fourth-order valence-corrected chi connectivity index (χ4v) is 2.24. The Kier molecular flexibility index (Phi) is 6.40. The third kappa shape index (κ3) is 4.84. The van der Waals surface area contributed by atoms with Crippen molar-refractivity contribution in [2.75, 3.05) is 13.6 Å². The zero-order valence-electron chi connectivity index (χ0n) is 13.6. The monoisotopic (exact) mass is 346 g/mol. The highest BCUT2D eigenvalue weighted by molar-refractivity contribution is 6.29. The van der Waals surface area contributed by atoms with Gasteiger partial charge in [0, 0.05) is 18.0 Å². The second kappa shape index (κ2) is 8.52. The second-order valence-corrected chi connectivity index (χ2v) is 5.75. The van der Waals surface area contributed by atoms with Crippen molar-refractivity contribution >= 4 is 23.3 Å². The molecule has 1 heterocycles. The quantitative estimate of drug-likeness (QED) is 0.775. The number of benzene rings is 1. The van der Waals surface area contributed by atoms with Crippen LogP contribution in [0.15, 0.2) is 42.7 Å². The molecule has 0 saturated heterocycles. The molecule has 126 valence electrons. The van der Waals surface area contributed by atoms with E-state index in [1.807, 2.05) is 18.2 Å². The summed E-state index contributed by atoms with van der Waals surface area (Å²) in [5, 5.41) is 3.02. The highest BCUT2D eigenvalue weighted by Crippen LogP contribution is 2.08. The van der Waals surface area contributed by atoms with Crippen LogP contribution in [0.1, 0.15) is 23.0 Å². The largest absolute Gasteiger partial charge is 0.349 e. The topological polar surface area (TPSA) is 75.2 Å². The first-order valence-corrected chi connectivity index (χ1v) is 7.88. The molecule has 0 fully saturated rings. The summed E-state index contributed by atoms with van der Waals surface area (Å²) in [6, 6.07) is 8.54. The van der Waals surface area contributed by atoms with Gasteiger partial charge in [-0.05, 0) is 14.0 Å². The van der Waals surface area contributed by atoms with Crippen molar-refractivity contribution in [1.29, 1.82) is 0 Å². The molecule has 2 rings (SSSR count). The summed E-state index contributed by atoms with van der Waals surface area (Å²) < 4.78 is 0. The lowest BCUT2D eigenvalue weighted by Crippen LogP contribution is -2.45. The number of aromatic nitrogens is 2. The lowest BCUT2D eigenvalue weighted by molar-refractivity contribution is -0.125. The van der Waals surface area contributed by atoms with E-state index in [-0.39, 0.29) is 29.9 Å². The van der Waals surface area contributed by atoms with Gasteiger partial charge in [-0.15, -0.1) is 0 Å². The first-order valence-electron chi connectivity index (χ1n) is 7.50. The fourth-order valence-electron chi connectivity index (χ4n) is 2.07. The van der Waals surface area contributed by atoms with Gasteiger partial charge in [-0.3, -0.25) is 19.5 Å². The Morgan fingerprint density at radius 3 is 2.54 bits per heavy atom. The molecule has 0 bridgehead atoms. The number of carbonyl (C=O) groups excluding carboxylic acids is 2. The molecule has 0 aliphatic heterocycles. The number of hydrogen-bond acceptors (Lipinski definition) is 5. The maximum atomic E-state index is 12.2. The van der Waals surface area contributed by atoms with E-state index >= 15 is 0 Å². The summed E-state index contributed by atoms with van der Waals surface area (Å²) in [4.78, 5) is 34.1. The molecule has 1 atom stereocenters. The average molecular weight is 347 g/mol. The van der Waals surface area contributed by atoms with E-state index in [0.717, 1.165) is 0 Å². The van der Waals surface area contributed by atoms with Crippen LogP contribution < -0.4 is 5.32 Å². The van der Waals surface area contributed by atoms with Gasteiger partial charge in [0.2, 0.25) is 5.91 Å². The number of rotatable bonds is 7. The molecule has 2 aromatic rings. The number of ketones is 1. The normalized spacial score (nSPS) is 12.0. The fraction of sp³-hybridized carbons (Fsp3) is 0.294. The number of carbonyl (C=O) groups is 2. The summed E-state index contributed by atoms with van der Waals surface area (Å²) in [5.41, 5.74) is 1.13. The van der Waals surface area contributed by atoms with E-state index in [0.29, 0.717) is 11.3 Å². The van der Waals surface area contributed by atoms with Crippen LogP contribution in [0.25, 0.3) is 0 Å². The Morgan fingerprint density at radius 1 is 1.21 bits per heavy atom. The van der Waals surface area contributed by atoms with Crippen LogP contribution in [-0.2, 0) is 11.3 Å². The van der Waals surface area contributed by atoms with Crippen molar-refractivity contribution < 1.29 is 9.59 Å². The Labute approximate surface area is 145 Å². The van der Waals surface area contributed by atoms with E-state index in [9.17, 15) is 9.59 Å². The number of nitrogens with one attached hydrogen (secondary N) is 1. The van der Waals surface area contributed by atoms with Crippen LogP contribution in [0, 0.1) is 0 Å². The van der Waals surface area contributed by atoms with Crippen molar-refractivity contribution in [3.05, 3.63) is 59.1 Å². The third-order valence-electron chi connectivity index (χ3n) is 3.68. The van der Waals surface area contributed by atoms with Gasteiger partial charge in [0.05, 0.1) is 24.8 Å². The maximum Gasteiger partial charge on any atom is 0.237 e. The van der Waals surface area contributed by atoms with Crippen LogP contribution >= 0.6 is 11.6 Å².